The highest BCUT2D eigenvalue weighted by Crippen LogP contribution is 2.54. The minimum atomic E-state index is -5.08. The Morgan fingerprint density at radius 1 is 0.631 bits per heavy atom. The molecule has 11 nitrogen and oxygen atoms in total. The molecule has 14 heteroatoms. The molecule has 4 fully saturated rings. The minimum absolute atomic E-state index is 0.133. The number of rotatable bonds is 13. The number of carbonyl (C=O) groups excluding carboxylic acids is 2. The van der Waals surface area contributed by atoms with Gasteiger partial charge in [-0.2, -0.15) is 13.2 Å². The number of aromatic amines is 1. The highest BCUT2D eigenvalue weighted by Gasteiger charge is 2.44. The van der Waals surface area contributed by atoms with Crippen molar-refractivity contribution in [2.45, 2.75) is 145 Å². The van der Waals surface area contributed by atoms with Crippen LogP contribution in [-0.2, 0) is 11.2 Å². The molecule has 4 aromatic rings. The molecule has 4 aliphatic heterocycles. The first-order valence-electron chi connectivity index (χ1n) is 24.1. The Morgan fingerprint density at radius 2 is 1.06 bits per heavy atom. The molecule has 1 aromatic heterocycles. The van der Waals surface area contributed by atoms with Crippen molar-refractivity contribution in [1.29, 1.82) is 0 Å². The zero-order valence-corrected chi connectivity index (χ0v) is 37.1. The molecule has 4 bridgehead atoms. The fraction of sp³-hybridized carbons (Fsp3) is 0.549. The summed E-state index contributed by atoms with van der Waals surface area (Å²) in [5, 5.41) is 21.3. The number of halogens is 3. The lowest BCUT2D eigenvalue weighted by Gasteiger charge is -2.32. The van der Waals surface area contributed by atoms with E-state index >= 15 is 0 Å². The first kappa shape index (κ1) is 45.1. The Balaban J connectivity index is 0.000000706. The topological polar surface area (TPSA) is 142 Å². The number of benzene rings is 3. The van der Waals surface area contributed by atoms with E-state index < -0.39 is 12.1 Å². The maximum atomic E-state index is 13.5. The molecule has 65 heavy (non-hydrogen) atoms. The van der Waals surface area contributed by atoms with Crippen molar-refractivity contribution in [3.05, 3.63) is 107 Å². The van der Waals surface area contributed by atoms with Crippen LogP contribution in [0.25, 0.3) is 10.9 Å². The molecule has 5 atom stereocenters. The molecule has 0 radical (unpaired) electrons. The number of urea groups is 2. The normalized spacial score (nSPS) is 27.3. The van der Waals surface area contributed by atoms with Crippen LogP contribution >= 0.6 is 0 Å². The molecular formula is C51H64F3N7O4. The second-order valence-corrected chi connectivity index (χ2v) is 19.5. The summed E-state index contributed by atoms with van der Waals surface area (Å²) in [7, 11) is 0. The van der Waals surface area contributed by atoms with Gasteiger partial charge in [0.15, 0.2) is 0 Å². The van der Waals surface area contributed by atoms with Crippen LogP contribution in [0.15, 0.2) is 79.0 Å². The van der Waals surface area contributed by atoms with Crippen LogP contribution in [0.5, 0.6) is 0 Å². The molecule has 3 aromatic carbocycles. The van der Waals surface area contributed by atoms with Gasteiger partial charge in [-0.05, 0) is 155 Å². The summed E-state index contributed by atoms with van der Waals surface area (Å²) in [6.07, 6.45) is 14.0. The number of carbonyl (C=O) groups is 3. The Hall–Kier alpha value is -5.08. The zero-order valence-electron chi connectivity index (χ0n) is 37.1. The van der Waals surface area contributed by atoms with Crippen LogP contribution in [0.1, 0.15) is 142 Å². The molecule has 2 unspecified atom stereocenters. The second kappa shape index (κ2) is 19.8. The fourth-order valence-corrected chi connectivity index (χ4v) is 12.4. The number of fused-ring (bicyclic) bond motifs is 11. The van der Waals surface area contributed by atoms with Gasteiger partial charge in [0, 0.05) is 59.9 Å². The molecule has 10 rings (SSSR count). The number of carboxylic acid groups (broad SMARTS) is 1. The Kier molecular flexibility index (Phi) is 13.7. The van der Waals surface area contributed by atoms with E-state index in [2.05, 4.69) is 103 Å². The summed E-state index contributed by atoms with van der Waals surface area (Å²) in [4.78, 5) is 44.7. The quantitative estimate of drug-likeness (QED) is 0.0790. The summed E-state index contributed by atoms with van der Waals surface area (Å²) in [6, 6.07) is 28.8. The number of nitrogens with one attached hydrogen (secondary N) is 5. The van der Waals surface area contributed by atoms with E-state index in [0.29, 0.717) is 37.1 Å². The number of hydrogen-bond acceptors (Lipinski definition) is 5. The maximum absolute atomic E-state index is 13.5. The number of H-pyrrole nitrogens is 1. The number of aliphatic carboxylic acids is 1. The highest BCUT2D eigenvalue weighted by molar-refractivity contribution is 5.83. The van der Waals surface area contributed by atoms with Gasteiger partial charge >= 0.3 is 24.2 Å². The van der Waals surface area contributed by atoms with Gasteiger partial charge in [0.25, 0.3) is 0 Å². The van der Waals surface area contributed by atoms with Gasteiger partial charge in [-0.25, -0.2) is 14.4 Å². The van der Waals surface area contributed by atoms with Crippen molar-refractivity contribution in [2.75, 3.05) is 19.6 Å². The third-order valence-electron chi connectivity index (χ3n) is 15.6. The standard InChI is InChI=1S/C49H63N7O2.C2HF3O2/c57-48(52-35-17-13-32(14-18-35)25-27-55-44-21-22-45(55)40-9-2-1-8-39(40)44)51-31-37(29-34-30-50-43-12-6-5-7-38(34)43)54-49(58)53-36-19-15-33(16-20-36)26-28-56-46-23-24-47(56)42-11-4-3-10-41(42)46;3-2(4,5)1(6)7/h1-12,30,32-33,35-37,44-47,50H,13-29,31H2,(H2,51,52,57)(H2,53,54,58);(H,6,7)/t32?,33?,35?,36?,37?,44-,45?,46-,47+;/m1./s1. The van der Waals surface area contributed by atoms with Gasteiger partial charge < -0.3 is 31.4 Å². The number of amides is 4. The van der Waals surface area contributed by atoms with Crippen LogP contribution in [0.4, 0.5) is 22.8 Å². The SMILES string of the molecule is O=C(NCC(Cc1c[nH]c2ccccc12)NC(=O)NC1CCC(CCN2[C@@H]3CC[C@H]2c2ccccc23)CC1)NC1CCC(CCN2C3CC[C@@H]2c2ccccc23)CC1.O=C(O)C(F)(F)F. The summed E-state index contributed by atoms with van der Waals surface area (Å²) >= 11 is 0. The lowest BCUT2D eigenvalue weighted by molar-refractivity contribution is -0.192. The second-order valence-electron chi connectivity index (χ2n) is 19.5. The Labute approximate surface area is 379 Å². The van der Waals surface area contributed by atoms with E-state index in [4.69, 9.17) is 9.90 Å². The van der Waals surface area contributed by atoms with Crippen molar-refractivity contribution in [3.8, 4) is 0 Å². The first-order chi connectivity index (χ1) is 31.5. The smallest absolute Gasteiger partial charge is 0.475 e. The molecule has 5 heterocycles. The summed E-state index contributed by atoms with van der Waals surface area (Å²) in [5.74, 6) is -1.31. The molecule has 348 valence electrons. The van der Waals surface area contributed by atoms with Gasteiger partial charge in [0.05, 0.1) is 6.04 Å². The van der Waals surface area contributed by atoms with Crippen molar-refractivity contribution in [2.24, 2.45) is 11.8 Å². The van der Waals surface area contributed by atoms with E-state index in [1.54, 1.807) is 22.3 Å². The van der Waals surface area contributed by atoms with E-state index in [9.17, 15) is 22.8 Å². The summed E-state index contributed by atoms with van der Waals surface area (Å²) in [5.41, 5.74) is 8.49. The molecule has 4 amide bonds. The molecule has 0 spiro atoms. The number of hydrogen-bond donors (Lipinski definition) is 6. The monoisotopic (exact) mass is 895 g/mol. The highest BCUT2D eigenvalue weighted by atomic mass is 19.4. The fourth-order valence-electron chi connectivity index (χ4n) is 12.4. The largest absolute Gasteiger partial charge is 0.490 e. The van der Waals surface area contributed by atoms with E-state index in [1.807, 2.05) is 12.3 Å². The zero-order chi connectivity index (χ0) is 45.1. The molecule has 2 aliphatic carbocycles. The Bertz CT molecular complexity index is 2220. The van der Waals surface area contributed by atoms with Crippen molar-refractivity contribution in [1.82, 2.24) is 36.1 Å². The first-order valence-corrected chi connectivity index (χ1v) is 24.1. The van der Waals surface area contributed by atoms with Crippen LogP contribution in [0, 0.1) is 11.8 Å². The summed E-state index contributed by atoms with van der Waals surface area (Å²) in [6.45, 7) is 2.73. The predicted octanol–water partition coefficient (Wildman–Crippen LogP) is 9.99. The Morgan fingerprint density at radius 3 is 1.52 bits per heavy atom. The molecular weight excluding hydrogens is 832 g/mol. The van der Waals surface area contributed by atoms with Crippen LogP contribution in [-0.4, -0.2) is 81.9 Å². The lowest BCUT2D eigenvalue weighted by atomic mass is 9.84. The van der Waals surface area contributed by atoms with Crippen molar-refractivity contribution < 1.29 is 32.7 Å². The van der Waals surface area contributed by atoms with Gasteiger partial charge in [-0.1, -0.05) is 66.7 Å². The third kappa shape index (κ3) is 10.3. The average Bonchev–Trinajstić information content (AvgIpc) is 4.14. The maximum Gasteiger partial charge on any atom is 0.490 e. The van der Waals surface area contributed by atoms with Crippen molar-refractivity contribution >= 4 is 28.9 Å². The minimum Gasteiger partial charge on any atom is -0.475 e. The van der Waals surface area contributed by atoms with Crippen LogP contribution in [0.3, 0.4) is 0 Å². The molecule has 2 saturated carbocycles. The third-order valence-corrected chi connectivity index (χ3v) is 15.6. The summed E-state index contributed by atoms with van der Waals surface area (Å²) < 4.78 is 31.7. The average molecular weight is 896 g/mol. The van der Waals surface area contributed by atoms with Gasteiger partial charge in [0.1, 0.15) is 0 Å². The van der Waals surface area contributed by atoms with Gasteiger partial charge in [-0.15, -0.1) is 0 Å². The number of carboxylic acids is 1. The van der Waals surface area contributed by atoms with E-state index in [0.717, 1.165) is 66.8 Å². The number of nitrogens with zero attached hydrogens (tertiary/aromatic N) is 2. The number of aromatic nitrogens is 1. The van der Waals surface area contributed by atoms with Crippen molar-refractivity contribution in [3.63, 3.8) is 0 Å². The number of para-hydroxylation sites is 1. The van der Waals surface area contributed by atoms with Crippen LogP contribution < -0.4 is 21.3 Å². The van der Waals surface area contributed by atoms with Gasteiger partial charge in [0.2, 0.25) is 0 Å². The molecule has 6 N–H and O–H groups in total. The van der Waals surface area contributed by atoms with E-state index in [-0.39, 0.29) is 30.2 Å². The predicted molar refractivity (Wildman–Crippen MR) is 244 cm³/mol. The number of alkyl halides is 3. The van der Waals surface area contributed by atoms with Crippen LogP contribution in [0.2, 0.25) is 0 Å². The van der Waals surface area contributed by atoms with E-state index in [1.165, 1.54) is 64.5 Å². The molecule has 6 aliphatic rings. The lowest BCUT2D eigenvalue weighted by Crippen LogP contribution is -2.53. The molecule has 2 saturated heterocycles. The van der Waals surface area contributed by atoms with Gasteiger partial charge in [-0.3, -0.25) is 9.80 Å².